The van der Waals surface area contributed by atoms with Gasteiger partial charge in [0.05, 0.1) is 6.54 Å². The molecule has 2 aromatic rings. The Bertz CT molecular complexity index is 726. The maximum absolute atomic E-state index is 12.0. The van der Waals surface area contributed by atoms with Crippen LogP contribution in [0.15, 0.2) is 45.5 Å². The van der Waals surface area contributed by atoms with E-state index in [0.29, 0.717) is 10.4 Å². The van der Waals surface area contributed by atoms with Gasteiger partial charge in [0.15, 0.2) is 10.4 Å². The fraction of sp³-hybridized carbons (Fsp3) is 0.333. The Labute approximate surface area is 155 Å². The minimum atomic E-state index is -0.434. The maximum atomic E-state index is 12.0. The first-order valence-corrected chi connectivity index (χ1v) is 8.95. The minimum absolute atomic E-state index is 0.128. The van der Waals surface area contributed by atoms with Gasteiger partial charge in [-0.2, -0.15) is 0 Å². The van der Waals surface area contributed by atoms with Gasteiger partial charge in [-0.05, 0) is 58.8 Å². The predicted octanol–water partition coefficient (Wildman–Crippen LogP) is 3.25. The van der Waals surface area contributed by atoms with Crippen molar-refractivity contribution in [2.45, 2.75) is 20.4 Å². The number of hydrogen-bond donors (Lipinski definition) is 2. The lowest BCUT2D eigenvalue weighted by atomic mass is 10.2. The molecule has 0 saturated carbocycles. The zero-order chi connectivity index (χ0) is 18.2. The molecule has 2 amide bonds. The van der Waals surface area contributed by atoms with E-state index in [-0.39, 0.29) is 18.2 Å². The lowest BCUT2D eigenvalue weighted by molar-refractivity contribution is -0.115. The Kier molecular flexibility index (Phi) is 7.21. The van der Waals surface area contributed by atoms with Crippen LogP contribution in [-0.2, 0) is 11.3 Å². The molecule has 1 heterocycles. The summed E-state index contributed by atoms with van der Waals surface area (Å²) in [6.45, 7) is 6.90. The zero-order valence-electron chi connectivity index (χ0n) is 14.3. The molecule has 25 heavy (non-hydrogen) atoms. The summed E-state index contributed by atoms with van der Waals surface area (Å²) in [6.07, 6.45) is 0. The molecular formula is C18H22BrN3O3. The number of nitrogens with zero attached hydrogens (tertiary/aromatic N) is 1. The number of anilines is 1. The number of carbonyl (C=O) groups excluding carboxylic acids is 2. The van der Waals surface area contributed by atoms with E-state index in [1.807, 2.05) is 24.3 Å². The van der Waals surface area contributed by atoms with Gasteiger partial charge in [-0.25, -0.2) is 0 Å². The molecule has 0 bridgehead atoms. The van der Waals surface area contributed by atoms with Crippen molar-refractivity contribution in [1.29, 1.82) is 0 Å². The van der Waals surface area contributed by atoms with Crippen LogP contribution in [0.4, 0.5) is 5.69 Å². The van der Waals surface area contributed by atoms with Crippen molar-refractivity contribution in [1.82, 2.24) is 10.2 Å². The molecule has 0 unspecified atom stereocenters. The third-order valence-electron chi connectivity index (χ3n) is 3.72. The molecule has 6 nitrogen and oxygen atoms in total. The van der Waals surface area contributed by atoms with E-state index in [1.165, 1.54) is 6.07 Å². The molecule has 0 saturated heterocycles. The third-order valence-corrected chi connectivity index (χ3v) is 4.14. The van der Waals surface area contributed by atoms with E-state index in [1.54, 1.807) is 6.07 Å². The van der Waals surface area contributed by atoms with E-state index in [9.17, 15) is 9.59 Å². The first kappa shape index (κ1) is 19.2. The molecule has 0 aliphatic carbocycles. The van der Waals surface area contributed by atoms with Gasteiger partial charge in [-0.3, -0.25) is 14.5 Å². The van der Waals surface area contributed by atoms with Crippen LogP contribution in [0.5, 0.6) is 0 Å². The number of benzene rings is 1. The minimum Gasteiger partial charge on any atom is -0.444 e. The number of nitrogens with one attached hydrogen (secondary N) is 2. The van der Waals surface area contributed by atoms with Gasteiger partial charge in [0, 0.05) is 12.2 Å². The van der Waals surface area contributed by atoms with Gasteiger partial charge >= 0.3 is 0 Å². The fourth-order valence-electron chi connectivity index (χ4n) is 2.34. The third kappa shape index (κ3) is 6.03. The highest BCUT2D eigenvalue weighted by Crippen LogP contribution is 2.14. The van der Waals surface area contributed by atoms with Crippen molar-refractivity contribution >= 4 is 33.4 Å². The highest BCUT2D eigenvalue weighted by molar-refractivity contribution is 9.10. The second-order valence-electron chi connectivity index (χ2n) is 5.50. The Morgan fingerprint density at radius 1 is 1.16 bits per heavy atom. The molecule has 0 aliphatic rings. The summed E-state index contributed by atoms with van der Waals surface area (Å²) in [5.41, 5.74) is 1.84. The number of hydrogen-bond acceptors (Lipinski definition) is 4. The Morgan fingerprint density at radius 3 is 2.56 bits per heavy atom. The summed E-state index contributed by atoms with van der Waals surface area (Å²) in [5, 5.41) is 5.32. The molecule has 7 heteroatoms. The van der Waals surface area contributed by atoms with E-state index >= 15 is 0 Å². The topological polar surface area (TPSA) is 74.6 Å². The van der Waals surface area contributed by atoms with Crippen LogP contribution < -0.4 is 10.6 Å². The smallest absolute Gasteiger partial charge is 0.287 e. The van der Waals surface area contributed by atoms with Crippen LogP contribution in [0, 0.1) is 0 Å². The average Bonchev–Trinajstić information content (AvgIpc) is 3.04. The van der Waals surface area contributed by atoms with Crippen LogP contribution in [-0.4, -0.2) is 36.3 Å². The largest absolute Gasteiger partial charge is 0.444 e. The quantitative estimate of drug-likeness (QED) is 0.703. The summed E-state index contributed by atoms with van der Waals surface area (Å²) in [6, 6.07) is 10.9. The van der Waals surface area contributed by atoms with E-state index in [0.717, 1.165) is 25.2 Å². The normalized spacial score (nSPS) is 10.7. The van der Waals surface area contributed by atoms with E-state index < -0.39 is 5.91 Å². The molecule has 1 aromatic heterocycles. The molecule has 0 radical (unpaired) electrons. The Morgan fingerprint density at radius 2 is 1.92 bits per heavy atom. The molecular weight excluding hydrogens is 386 g/mol. The SMILES string of the molecule is CCN(CC)Cc1cccc(NC(=O)CNC(=O)c2ccc(Br)o2)c1. The monoisotopic (exact) mass is 407 g/mol. The molecule has 1 aromatic carbocycles. The van der Waals surface area contributed by atoms with Gasteiger partial charge < -0.3 is 15.1 Å². The lowest BCUT2D eigenvalue weighted by Gasteiger charge is -2.18. The van der Waals surface area contributed by atoms with Crippen molar-refractivity contribution in [2.24, 2.45) is 0 Å². The van der Waals surface area contributed by atoms with Crippen molar-refractivity contribution in [3.63, 3.8) is 0 Å². The standard InChI is InChI=1S/C18H22BrN3O3/c1-3-22(4-2)12-13-6-5-7-14(10-13)21-17(23)11-20-18(24)15-8-9-16(19)25-15/h5-10H,3-4,11-12H2,1-2H3,(H,20,24)(H,21,23). The van der Waals surface area contributed by atoms with Gasteiger partial charge in [0.2, 0.25) is 5.91 Å². The van der Waals surface area contributed by atoms with Crippen molar-refractivity contribution in [3.05, 3.63) is 52.4 Å². The van der Waals surface area contributed by atoms with Crippen molar-refractivity contribution < 1.29 is 14.0 Å². The summed E-state index contributed by atoms with van der Waals surface area (Å²) in [5.74, 6) is -0.573. The first-order chi connectivity index (χ1) is 12.0. The number of halogens is 1. The van der Waals surface area contributed by atoms with Crippen molar-refractivity contribution in [2.75, 3.05) is 25.0 Å². The zero-order valence-corrected chi connectivity index (χ0v) is 15.9. The van der Waals surface area contributed by atoms with Crippen LogP contribution in [0.25, 0.3) is 0 Å². The highest BCUT2D eigenvalue weighted by Gasteiger charge is 2.12. The molecule has 0 spiro atoms. The molecule has 134 valence electrons. The van der Waals surface area contributed by atoms with Crippen LogP contribution >= 0.6 is 15.9 Å². The summed E-state index contributed by atoms with van der Waals surface area (Å²) >= 11 is 3.13. The second-order valence-corrected chi connectivity index (χ2v) is 6.28. The van der Waals surface area contributed by atoms with Gasteiger partial charge in [0.25, 0.3) is 5.91 Å². The number of carbonyl (C=O) groups is 2. The number of rotatable bonds is 8. The summed E-state index contributed by atoms with van der Waals surface area (Å²) < 4.78 is 5.60. The Balaban J connectivity index is 1.86. The van der Waals surface area contributed by atoms with Gasteiger partial charge in [0.1, 0.15) is 0 Å². The van der Waals surface area contributed by atoms with Crippen LogP contribution in [0.2, 0.25) is 0 Å². The van der Waals surface area contributed by atoms with Gasteiger partial charge in [-0.1, -0.05) is 26.0 Å². The van der Waals surface area contributed by atoms with E-state index in [4.69, 9.17) is 4.42 Å². The summed E-state index contributed by atoms with van der Waals surface area (Å²) in [4.78, 5) is 26.2. The lowest BCUT2D eigenvalue weighted by Crippen LogP contribution is -2.32. The highest BCUT2D eigenvalue weighted by atomic mass is 79.9. The Hall–Kier alpha value is -2.12. The van der Waals surface area contributed by atoms with Crippen LogP contribution in [0.3, 0.4) is 0 Å². The van der Waals surface area contributed by atoms with Crippen molar-refractivity contribution in [3.8, 4) is 0 Å². The molecule has 2 rings (SSSR count). The maximum Gasteiger partial charge on any atom is 0.287 e. The summed E-state index contributed by atoms with van der Waals surface area (Å²) in [7, 11) is 0. The molecule has 0 aliphatic heterocycles. The molecule has 0 atom stereocenters. The molecule has 0 fully saturated rings. The first-order valence-electron chi connectivity index (χ1n) is 8.16. The van der Waals surface area contributed by atoms with E-state index in [2.05, 4.69) is 45.3 Å². The second kappa shape index (κ2) is 9.39. The predicted molar refractivity (Wildman–Crippen MR) is 100 cm³/mol. The van der Waals surface area contributed by atoms with Gasteiger partial charge in [-0.15, -0.1) is 0 Å². The number of amides is 2. The average molecular weight is 408 g/mol. The molecule has 2 N–H and O–H groups in total. The van der Waals surface area contributed by atoms with Crippen LogP contribution in [0.1, 0.15) is 30.0 Å². The fourth-order valence-corrected chi connectivity index (χ4v) is 2.65. The number of furan rings is 1.